The second kappa shape index (κ2) is 2.75. The molecule has 0 aliphatic rings. The first kappa shape index (κ1) is 8.08. The first-order valence-corrected chi connectivity index (χ1v) is 4.38. The van der Waals surface area contributed by atoms with Crippen molar-refractivity contribution in [3.05, 3.63) is 33.7 Å². The van der Waals surface area contributed by atoms with E-state index in [9.17, 15) is 4.39 Å². The molecule has 0 N–H and O–H groups in total. The van der Waals surface area contributed by atoms with Crippen LogP contribution in [0.15, 0.2) is 27.3 Å². The van der Waals surface area contributed by atoms with E-state index in [0.717, 1.165) is 0 Å². The second-order valence-corrected chi connectivity index (χ2v) is 3.55. The SMILES string of the molecule is Fc1cc(Br)c(Cl)c2ccoc12. The lowest BCUT2D eigenvalue weighted by atomic mass is 10.2. The number of hydrogen-bond acceptors (Lipinski definition) is 1. The smallest absolute Gasteiger partial charge is 0.171 e. The summed E-state index contributed by atoms with van der Waals surface area (Å²) < 4.78 is 18.5. The molecular weight excluding hydrogens is 246 g/mol. The molecule has 0 amide bonds. The Morgan fingerprint density at radius 1 is 1.50 bits per heavy atom. The van der Waals surface area contributed by atoms with E-state index < -0.39 is 5.82 Å². The van der Waals surface area contributed by atoms with Crippen molar-refractivity contribution in [2.75, 3.05) is 0 Å². The van der Waals surface area contributed by atoms with Gasteiger partial charge in [-0.3, -0.25) is 0 Å². The highest BCUT2D eigenvalue weighted by Crippen LogP contribution is 2.33. The van der Waals surface area contributed by atoms with Crippen molar-refractivity contribution in [3.8, 4) is 0 Å². The maximum atomic E-state index is 13.1. The Morgan fingerprint density at radius 3 is 3.00 bits per heavy atom. The van der Waals surface area contributed by atoms with Gasteiger partial charge in [-0.15, -0.1) is 0 Å². The van der Waals surface area contributed by atoms with Gasteiger partial charge in [0.2, 0.25) is 0 Å². The first-order valence-electron chi connectivity index (χ1n) is 3.21. The quantitative estimate of drug-likeness (QED) is 0.644. The van der Waals surface area contributed by atoms with Crippen LogP contribution in [0.4, 0.5) is 4.39 Å². The second-order valence-electron chi connectivity index (χ2n) is 2.32. The molecule has 0 spiro atoms. The van der Waals surface area contributed by atoms with Crippen LogP contribution >= 0.6 is 27.5 Å². The van der Waals surface area contributed by atoms with Gasteiger partial charge in [-0.05, 0) is 28.1 Å². The fraction of sp³-hybridized carbons (Fsp3) is 0. The van der Waals surface area contributed by atoms with Crippen LogP contribution in [0.1, 0.15) is 0 Å². The molecule has 0 saturated heterocycles. The van der Waals surface area contributed by atoms with Gasteiger partial charge in [-0.1, -0.05) is 11.6 Å². The summed E-state index contributed by atoms with van der Waals surface area (Å²) in [5, 5.41) is 1.06. The van der Waals surface area contributed by atoms with Gasteiger partial charge in [0.05, 0.1) is 11.3 Å². The number of fused-ring (bicyclic) bond motifs is 1. The minimum Gasteiger partial charge on any atom is -0.461 e. The normalized spacial score (nSPS) is 10.9. The van der Waals surface area contributed by atoms with Crippen LogP contribution in [0, 0.1) is 5.82 Å². The third-order valence-corrected chi connectivity index (χ3v) is 2.84. The molecular formula is C8H3BrClFO. The first-order chi connectivity index (χ1) is 5.70. The van der Waals surface area contributed by atoms with Crippen LogP contribution in [0.3, 0.4) is 0 Å². The molecule has 0 aliphatic heterocycles. The van der Waals surface area contributed by atoms with E-state index in [-0.39, 0.29) is 5.58 Å². The monoisotopic (exact) mass is 248 g/mol. The number of rotatable bonds is 0. The summed E-state index contributed by atoms with van der Waals surface area (Å²) in [5.74, 6) is -0.411. The predicted octanol–water partition coefficient (Wildman–Crippen LogP) is 3.99. The average molecular weight is 249 g/mol. The average Bonchev–Trinajstić information content (AvgIpc) is 2.48. The molecule has 1 aromatic carbocycles. The summed E-state index contributed by atoms with van der Waals surface area (Å²) in [4.78, 5) is 0. The molecule has 0 atom stereocenters. The summed E-state index contributed by atoms with van der Waals surface area (Å²) >= 11 is 9.00. The summed E-state index contributed by atoms with van der Waals surface area (Å²) in [6.45, 7) is 0. The Labute approximate surface area is 81.2 Å². The van der Waals surface area contributed by atoms with Gasteiger partial charge < -0.3 is 4.42 Å². The third kappa shape index (κ3) is 1.04. The van der Waals surface area contributed by atoms with E-state index >= 15 is 0 Å². The van der Waals surface area contributed by atoms with Gasteiger partial charge >= 0.3 is 0 Å². The minimum atomic E-state index is -0.411. The van der Waals surface area contributed by atoms with Crippen molar-refractivity contribution in [1.82, 2.24) is 0 Å². The van der Waals surface area contributed by atoms with Crippen LogP contribution in [-0.4, -0.2) is 0 Å². The van der Waals surface area contributed by atoms with Gasteiger partial charge in [-0.2, -0.15) is 0 Å². The van der Waals surface area contributed by atoms with Gasteiger partial charge in [0.15, 0.2) is 11.4 Å². The highest BCUT2D eigenvalue weighted by atomic mass is 79.9. The topological polar surface area (TPSA) is 13.1 Å². The lowest BCUT2D eigenvalue weighted by Gasteiger charge is -1.97. The minimum absolute atomic E-state index is 0.197. The summed E-state index contributed by atoms with van der Waals surface area (Å²) in [5.41, 5.74) is 0.197. The molecule has 0 unspecified atom stereocenters. The Hall–Kier alpha value is -0.540. The van der Waals surface area contributed by atoms with Gasteiger partial charge in [-0.25, -0.2) is 4.39 Å². The molecule has 62 valence electrons. The van der Waals surface area contributed by atoms with Crippen LogP contribution in [0.25, 0.3) is 11.0 Å². The Morgan fingerprint density at radius 2 is 2.25 bits per heavy atom. The predicted molar refractivity (Wildman–Crippen MR) is 48.9 cm³/mol. The van der Waals surface area contributed by atoms with Crippen LogP contribution in [-0.2, 0) is 0 Å². The lowest BCUT2D eigenvalue weighted by Crippen LogP contribution is -1.77. The number of furan rings is 1. The number of benzene rings is 1. The van der Waals surface area contributed by atoms with E-state index in [0.29, 0.717) is 14.9 Å². The maximum absolute atomic E-state index is 13.1. The molecule has 1 nitrogen and oxygen atoms in total. The van der Waals surface area contributed by atoms with Gasteiger partial charge in [0.1, 0.15) is 0 Å². The number of hydrogen-bond donors (Lipinski definition) is 0. The molecule has 0 radical (unpaired) electrons. The molecule has 0 bridgehead atoms. The van der Waals surface area contributed by atoms with Crippen molar-refractivity contribution in [2.24, 2.45) is 0 Å². The summed E-state index contributed by atoms with van der Waals surface area (Å²) in [6, 6.07) is 2.92. The van der Waals surface area contributed by atoms with Crippen LogP contribution < -0.4 is 0 Å². The molecule has 2 aromatic rings. The fourth-order valence-electron chi connectivity index (χ4n) is 1.04. The molecule has 4 heteroatoms. The molecule has 1 aromatic heterocycles. The molecule has 1 heterocycles. The summed E-state index contributed by atoms with van der Waals surface area (Å²) in [6.07, 6.45) is 1.41. The zero-order valence-corrected chi connectivity index (χ0v) is 8.12. The van der Waals surface area contributed by atoms with E-state index in [4.69, 9.17) is 16.0 Å². The lowest BCUT2D eigenvalue weighted by molar-refractivity contribution is 0.560. The highest BCUT2D eigenvalue weighted by Gasteiger charge is 2.10. The van der Waals surface area contributed by atoms with Crippen molar-refractivity contribution in [2.45, 2.75) is 0 Å². The van der Waals surface area contributed by atoms with E-state index in [2.05, 4.69) is 15.9 Å². The molecule has 0 saturated carbocycles. The van der Waals surface area contributed by atoms with Gasteiger partial charge in [0.25, 0.3) is 0 Å². The van der Waals surface area contributed by atoms with E-state index in [1.165, 1.54) is 12.3 Å². The number of halogens is 3. The maximum Gasteiger partial charge on any atom is 0.171 e. The van der Waals surface area contributed by atoms with Crippen molar-refractivity contribution >= 4 is 38.5 Å². The third-order valence-electron chi connectivity index (χ3n) is 1.58. The van der Waals surface area contributed by atoms with Crippen LogP contribution in [0.5, 0.6) is 0 Å². The van der Waals surface area contributed by atoms with E-state index in [1.54, 1.807) is 6.07 Å². The standard InChI is InChI=1S/C8H3BrClFO/c9-5-3-6(11)8-4(7(5)10)1-2-12-8/h1-3H. The van der Waals surface area contributed by atoms with Gasteiger partial charge in [0, 0.05) is 9.86 Å². The zero-order chi connectivity index (χ0) is 8.72. The summed E-state index contributed by atoms with van der Waals surface area (Å²) in [7, 11) is 0. The Bertz CT molecular complexity index is 438. The largest absolute Gasteiger partial charge is 0.461 e. The fourth-order valence-corrected chi connectivity index (χ4v) is 1.65. The van der Waals surface area contributed by atoms with Crippen molar-refractivity contribution in [3.63, 3.8) is 0 Å². The Balaban J connectivity index is 2.97. The van der Waals surface area contributed by atoms with E-state index in [1.807, 2.05) is 0 Å². The Kier molecular flexibility index (Phi) is 1.85. The van der Waals surface area contributed by atoms with Crippen molar-refractivity contribution in [1.29, 1.82) is 0 Å². The molecule has 12 heavy (non-hydrogen) atoms. The zero-order valence-electron chi connectivity index (χ0n) is 5.77. The molecule has 2 rings (SSSR count). The highest BCUT2D eigenvalue weighted by molar-refractivity contribution is 9.10. The van der Waals surface area contributed by atoms with Crippen molar-refractivity contribution < 1.29 is 8.81 Å². The molecule has 0 fully saturated rings. The molecule has 0 aliphatic carbocycles. The van der Waals surface area contributed by atoms with Crippen LogP contribution in [0.2, 0.25) is 5.02 Å².